The molecule has 0 bridgehead atoms. The molecule has 3 nitrogen and oxygen atoms in total. The highest BCUT2D eigenvalue weighted by molar-refractivity contribution is 5.75. The first-order valence-corrected chi connectivity index (χ1v) is 11.5. The van der Waals surface area contributed by atoms with Gasteiger partial charge in [0.05, 0.1) is 12.0 Å². The number of hydrogen-bond acceptors (Lipinski definition) is 2. The molecule has 1 fully saturated rings. The Hall–Kier alpha value is -2.73. The molecule has 1 heterocycles. The van der Waals surface area contributed by atoms with E-state index in [-0.39, 0.29) is 5.41 Å². The van der Waals surface area contributed by atoms with E-state index >= 15 is 0 Å². The van der Waals surface area contributed by atoms with Gasteiger partial charge in [-0.25, -0.2) is 0 Å². The van der Waals surface area contributed by atoms with E-state index in [1.165, 1.54) is 24.0 Å². The topological polar surface area (TPSA) is 46.5 Å². The molecule has 0 radical (unpaired) electrons. The number of aliphatic carboxylic acids is 1. The standard InChI is InChI=1S/C28H32O3/c1-5-6-23-17-28(3,4)25-16-20(15-24(22-13-14-22)26(25)31-23)8-7-19-9-11-21(12-10-19)18(2)27(29)30/h9-12,15-16,18,22-23H,5-6,13-14,17H2,1-4H3,(H,29,30). The van der Waals surface area contributed by atoms with Gasteiger partial charge in [0.2, 0.25) is 0 Å². The van der Waals surface area contributed by atoms with Crippen LogP contribution in [0.5, 0.6) is 5.75 Å². The summed E-state index contributed by atoms with van der Waals surface area (Å²) in [4.78, 5) is 11.2. The molecule has 2 aliphatic rings. The van der Waals surface area contributed by atoms with Crippen molar-refractivity contribution in [2.75, 3.05) is 0 Å². The predicted molar refractivity (Wildman–Crippen MR) is 124 cm³/mol. The third-order valence-electron chi connectivity index (χ3n) is 6.63. The van der Waals surface area contributed by atoms with Gasteiger partial charge in [0, 0.05) is 16.7 Å². The largest absolute Gasteiger partial charge is 0.490 e. The van der Waals surface area contributed by atoms with Crippen LogP contribution in [0.4, 0.5) is 0 Å². The van der Waals surface area contributed by atoms with E-state index in [1.54, 1.807) is 6.92 Å². The summed E-state index contributed by atoms with van der Waals surface area (Å²) in [6.07, 6.45) is 6.04. The van der Waals surface area contributed by atoms with Crippen LogP contribution in [0.2, 0.25) is 0 Å². The second-order valence-electron chi connectivity index (χ2n) is 9.76. The number of hydrogen-bond donors (Lipinski definition) is 1. The Labute approximate surface area is 185 Å². The number of ether oxygens (including phenoxy) is 1. The smallest absolute Gasteiger partial charge is 0.310 e. The average Bonchev–Trinajstić information content (AvgIpc) is 3.57. The fraction of sp³-hybridized carbons (Fsp3) is 0.464. The Balaban J connectivity index is 1.66. The molecule has 162 valence electrons. The molecule has 31 heavy (non-hydrogen) atoms. The van der Waals surface area contributed by atoms with Crippen LogP contribution in [0.25, 0.3) is 0 Å². The summed E-state index contributed by atoms with van der Waals surface area (Å²) >= 11 is 0. The van der Waals surface area contributed by atoms with Gasteiger partial charge < -0.3 is 9.84 Å². The lowest BCUT2D eigenvalue weighted by molar-refractivity contribution is -0.138. The maximum absolute atomic E-state index is 11.2. The maximum atomic E-state index is 11.2. The SMILES string of the molecule is CCCC1CC(C)(C)c2cc(C#Cc3ccc(C(C)C(=O)O)cc3)cc(C3CC3)c2O1. The van der Waals surface area contributed by atoms with Gasteiger partial charge in [0.1, 0.15) is 5.75 Å². The number of rotatable bonds is 5. The number of carboxylic acid groups (broad SMARTS) is 1. The van der Waals surface area contributed by atoms with Crippen molar-refractivity contribution in [1.29, 1.82) is 0 Å². The molecule has 4 rings (SSSR count). The van der Waals surface area contributed by atoms with Crippen LogP contribution < -0.4 is 4.74 Å². The van der Waals surface area contributed by atoms with Crippen LogP contribution in [0, 0.1) is 11.8 Å². The van der Waals surface area contributed by atoms with Crippen LogP contribution >= 0.6 is 0 Å². The van der Waals surface area contributed by atoms with Crippen LogP contribution in [0.3, 0.4) is 0 Å². The van der Waals surface area contributed by atoms with Crippen LogP contribution in [-0.2, 0) is 10.2 Å². The molecular weight excluding hydrogens is 384 g/mol. The van der Waals surface area contributed by atoms with Crippen LogP contribution in [-0.4, -0.2) is 17.2 Å². The molecule has 2 unspecified atom stereocenters. The van der Waals surface area contributed by atoms with E-state index in [9.17, 15) is 9.90 Å². The van der Waals surface area contributed by atoms with Crippen molar-refractivity contribution in [2.24, 2.45) is 0 Å². The summed E-state index contributed by atoms with van der Waals surface area (Å²) in [5.74, 6) is 7.02. The highest BCUT2D eigenvalue weighted by Gasteiger charge is 2.38. The fourth-order valence-corrected chi connectivity index (χ4v) is 4.57. The van der Waals surface area contributed by atoms with E-state index in [0.717, 1.165) is 41.7 Å². The quantitative estimate of drug-likeness (QED) is 0.575. The Morgan fingerprint density at radius 1 is 1.16 bits per heavy atom. The summed E-state index contributed by atoms with van der Waals surface area (Å²) in [6, 6.07) is 12.0. The van der Waals surface area contributed by atoms with E-state index in [0.29, 0.717) is 12.0 Å². The number of carbonyl (C=O) groups is 1. The minimum atomic E-state index is -0.813. The van der Waals surface area contributed by atoms with Crippen molar-refractivity contribution in [3.8, 4) is 17.6 Å². The summed E-state index contributed by atoms with van der Waals surface area (Å²) in [7, 11) is 0. The third kappa shape index (κ3) is 4.64. The maximum Gasteiger partial charge on any atom is 0.310 e. The average molecular weight is 417 g/mol. The molecule has 0 saturated heterocycles. The lowest BCUT2D eigenvalue weighted by atomic mass is 9.75. The van der Waals surface area contributed by atoms with Crippen molar-refractivity contribution < 1.29 is 14.6 Å². The first-order valence-electron chi connectivity index (χ1n) is 11.5. The Morgan fingerprint density at radius 2 is 1.84 bits per heavy atom. The van der Waals surface area contributed by atoms with Gasteiger partial charge in [-0.15, -0.1) is 0 Å². The van der Waals surface area contributed by atoms with E-state index < -0.39 is 11.9 Å². The highest BCUT2D eigenvalue weighted by atomic mass is 16.5. The third-order valence-corrected chi connectivity index (χ3v) is 6.63. The van der Waals surface area contributed by atoms with Crippen molar-refractivity contribution in [2.45, 2.75) is 83.2 Å². The molecule has 1 aliphatic heterocycles. The monoisotopic (exact) mass is 416 g/mol. The Kier molecular flexibility index (Phi) is 5.84. The van der Waals surface area contributed by atoms with Gasteiger partial charge in [0.15, 0.2) is 0 Å². The molecule has 3 heteroatoms. The second-order valence-corrected chi connectivity index (χ2v) is 9.76. The number of carboxylic acids is 1. The summed E-state index contributed by atoms with van der Waals surface area (Å²) < 4.78 is 6.52. The van der Waals surface area contributed by atoms with Gasteiger partial charge in [-0.05, 0) is 79.3 Å². The first-order chi connectivity index (χ1) is 14.8. The van der Waals surface area contributed by atoms with Crippen LogP contribution in [0.1, 0.15) is 99.5 Å². The highest BCUT2D eigenvalue weighted by Crippen LogP contribution is 2.51. The molecule has 2 aromatic carbocycles. The predicted octanol–water partition coefficient (Wildman–Crippen LogP) is 6.38. The lowest BCUT2D eigenvalue weighted by Crippen LogP contribution is -2.34. The molecule has 1 aliphatic carbocycles. The van der Waals surface area contributed by atoms with Gasteiger partial charge >= 0.3 is 5.97 Å². The molecule has 0 amide bonds. The van der Waals surface area contributed by atoms with E-state index in [4.69, 9.17) is 4.74 Å². The van der Waals surface area contributed by atoms with Gasteiger partial charge in [-0.3, -0.25) is 4.79 Å². The van der Waals surface area contributed by atoms with E-state index in [2.05, 4.69) is 44.7 Å². The van der Waals surface area contributed by atoms with Gasteiger partial charge in [-0.1, -0.05) is 51.2 Å². The minimum Gasteiger partial charge on any atom is -0.490 e. The zero-order chi connectivity index (χ0) is 22.2. The molecule has 0 spiro atoms. The molecular formula is C28H32O3. The number of fused-ring (bicyclic) bond motifs is 1. The Bertz CT molecular complexity index is 1030. The second kappa shape index (κ2) is 8.42. The Morgan fingerprint density at radius 3 is 2.45 bits per heavy atom. The van der Waals surface area contributed by atoms with Crippen molar-refractivity contribution in [3.05, 3.63) is 64.2 Å². The molecule has 1 saturated carbocycles. The summed E-state index contributed by atoms with van der Waals surface area (Å²) in [6.45, 7) is 8.58. The van der Waals surface area contributed by atoms with Crippen molar-refractivity contribution in [1.82, 2.24) is 0 Å². The number of benzene rings is 2. The minimum absolute atomic E-state index is 0.0728. The molecule has 2 atom stereocenters. The zero-order valence-electron chi connectivity index (χ0n) is 19.0. The van der Waals surface area contributed by atoms with Crippen molar-refractivity contribution >= 4 is 5.97 Å². The van der Waals surface area contributed by atoms with E-state index in [1.807, 2.05) is 24.3 Å². The fourth-order valence-electron chi connectivity index (χ4n) is 4.57. The van der Waals surface area contributed by atoms with Crippen molar-refractivity contribution in [3.63, 3.8) is 0 Å². The van der Waals surface area contributed by atoms with Gasteiger partial charge in [0.25, 0.3) is 0 Å². The zero-order valence-corrected chi connectivity index (χ0v) is 19.0. The summed E-state index contributed by atoms with van der Waals surface area (Å²) in [5, 5.41) is 9.18. The molecule has 1 N–H and O–H groups in total. The first kappa shape index (κ1) is 21.5. The normalized spacial score (nSPS) is 20.1. The molecule has 0 aromatic heterocycles. The summed E-state index contributed by atoms with van der Waals surface area (Å²) in [5.41, 5.74) is 5.42. The molecule has 2 aromatic rings. The van der Waals surface area contributed by atoms with Gasteiger partial charge in [-0.2, -0.15) is 0 Å². The van der Waals surface area contributed by atoms with Crippen LogP contribution in [0.15, 0.2) is 36.4 Å². The lowest BCUT2D eigenvalue weighted by Gasteiger charge is -2.39.